The summed E-state index contributed by atoms with van der Waals surface area (Å²) in [6, 6.07) is 9.51. The van der Waals surface area contributed by atoms with Gasteiger partial charge in [-0.3, -0.25) is 5.32 Å². The number of nitrogen functional groups attached to an aromatic ring is 1. The third kappa shape index (κ3) is 3.42. The quantitative estimate of drug-likeness (QED) is 0.755. The summed E-state index contributed by atoms with van der Waals surface area (Å²) in [5.74, 6) is 0. The maximum absolute atomic E-state index is 10.6. The van der Waals surface area contributed by atoms with E-state index in [9.17, 15) is 4.79 Å². The Morgan fingerprint density at radius 2 is 2.15 bits per heavy atom. The van der Waals surface area contributed by atoms with Crippen molar-refractivity contribution in [3.05, 3.63) is 40.1 Å². The average Bonchev–Trinajstić information content (AvgIpc) is 2.76. The number of aryl methyl sites for hydroxylation is 1. The number of nitrogens with one attached hydrogen (secondary N) is 1. The van der Waals surface area contributed by atoms with E-state index in [2.05, 4.69) is 29.3 Å². The van der Waals surface area contributed by atoms with Gasteiger partial charge in [0.25, 0.3) is 0 Å². The van der Waals surface area contributed by atoms with Crippen LogP contribution in [0, 0.1) is 6.92 Å². The summed E-state index contributed by atoms with van der Waals surface area (Å²) >= 11 is 1.76. The van der Waals surface area contributed by atoms with Crippen molar-refractivity contribution < 1.29 is 9.90 Å². The Morgan fingerprint density at radius 3 is 2.70 bits per heavy atom. The van der Waals surface area contributed by atoms with Crippen LogP contribution in [0.4, 0.5) is 21.9 Å². The molecule has 0 aliphatic rings. The lowest BCUT2D eigenvalue weighted by molar-refractivity contribution is 0.210. The minimum Gasteiger partial charge on any atom is -0.465 e. The Hall–Kier alpha value is -2.21. The van der Waals surface area contributed by atoms with Gasteiger partial charge in [0.2, 0.25) is 0 Å². The maximum atomic E-state index is 10.6. The molecule has 20 heavy (non-hydrogen) atoms. The first-order valence-electron chi connectivity index (χ1n) is 6.11. The minimum atomic E-state index is -1.12. The average molecular weight is 291 g/mol. The van der Waals surface area contributed by atoms with Crippen LogP contribution in [0.3, 0.4) is 0 Å². The highest BCUT2D eigenvalue weighted by molar-refractivity contribution is 7.11. The SMILES string of the molecule is Cc1ccc(CN(C)c2ccc(NC(=O)O)c(N)c2)s1. The summed E-state index contributed by atoms with van der Waals surface area (Å²) in [6.45, 7) is 2.88. The number of nitrogens with two attached hydrogens (primary N) is 1. The lowest BCUT2D eigenvalue weighted by Gasteiger charge is -2.19. The van der Waals surface area contributed by atoms with Crippen LogP contribution >= 0.6 is 11.3 Å². The Labute approximate surface area is 121 Å². The predicted molar refractivity (Wildman–Crippen MR) is 83.7 cm³/mol. The summed E-state index contributed by atoms with van der Waals surface area (Å²) < 4.78 is 0. The summed E-state index contributed by atoms with van der Waals surface area (Å²) in [5.41, 5.74) is 7.62. The van der Waals surface area contributed by atoms with E-state index in [0.717, 1.165) is 12.2 Å². The molecule has 0 bridgehead atoms. The first-order chi connectivity index (χ1) is 9.45. The largest absolute Gasteiger partial charge is 0.465 e. The number of thiophene rings is 1. The molecule has 2 rings (SSSR count). The zero-order chi connectivity index (χ0) is 14.7. The van der Waals surface area contributed by atoms with Crippen LogP contribution in [-0.2, 0) is 6.54 Å². The van der Waals surface area contributed by atoms with Gasteiger partial charge in [0.05, 0.1) is 17.9 Å². The van der Waals surface area contributed by atoms with Crippen molar-refractivity contribution >= 4 is 34.5 Å². The van der Waals surface area contributed by atoms with E-state index in [1.54, 1.807) is 23.5 Å². The molecule has 1 aromatic heterocycles. The fourth-order valence-electron chi connectivity index (χ4n) is 1.91. The second-order valence-electron chi connectivity index (χ2n) is 4.57. The molecule has 0 saturated carbocycles. The Bertz CT molecular complexity index is 625. The standard InChI is InChI=1S/C14H17N3O2S/c1-9-3-5-11(20-9)8-17(2)10-4-6-13(12(15)7-10)16-14(18)19/h3-7,16H,8,15H2,1-2H3,(H,18,19). The van der Waals surface area contributed by atoms with Gasteiger partial charge in [0, 0.05) is 22.5 Å². The smallest absolute Gasteiger partial charge is 0.409 e. The summed E-state index contributed by atoms with van der Waals surface area (Å²) in [6.07, 6.45) is -1.12. The van der Waals surface area contributed by atoms with Gasteiger partial charge in [-0.25, -0.2) is 4.79 Å². The van der Waals surface area contributed by atoms with E-state index in [1.807, 2.05) is 13.1 Å². The van der Waals surface area contributed by atoms with E-state index >= 15 is 0 Å². The van der Waals surface area contributed by atoms with Crippen LogP contribution in [0.1, 0.15) is 9.75 Å². The summed E-state index contributed by atoms with van der Waals surface area (Å²) in [5, 5.41) is 11.0. The van der Waals surface area contributed by atoms with E-state index in [1.165, 1.54) is 9.75 Å². The van der Waals surface area contributed by atoms with Gasteiger partial charge in [-0.1, -0.05) is 0 Å². The van der Waals surface area contributed by atoms with Crippen LogP contribution in [0.25, 0.3) is 0 Å². The molecule has 0 saturated heterocycles. The lowest BCUT2D eigenvalue weighted by Crippen LogP contribution is -2.16. The monoisotopic (exact) mass is 291 g/mol. The summed E-state index contributed by atoms with van der Waals surface area (Å²) in [4.78, 5) is 15.2. The first kappa shape index (κ1) is 14.2. The predicted octanol–water partition coefficient (Wildman–Crippen LogP) is 3.37. The van der Waals surface area contributed by atoms with E-state index < -0.39 is 6.09 Å². The Balaban J connectivity index is 2.12. The first-order valence-corrected chi connectivity index (χ1v) is 6.93. The fourth-order valence-corrected chi connectivity index (χ4v) is 2.86. The Morgan fingerprint density at radius 1 is 1.40 bits per heavy atom. The molecule has 1 heterocycles. The van der Waals surface area contributed by atoms with Crippen molar-refractivity contribution in [3.63, 3.8) is 0 Å². The van der Waals surface area contributed by atoms with Crippen molar-refractivity contribution in [3.8, 4) is 0 Å². The highest BCUT2D eigenvalue weighted by Gasteiger charge is 2.08. The second-order valence-corrected chi connectivity index (χ2v) is 5.94. The molecule has 0 spiro atoms. The molecule has 106 valence electrons. The van der Waals surface area contributed by atoms with Gasteiger partial charge < -0.3 is 15.7 Å². The topological polar surface area (TPSA) is 78.6 Å². The molecular weight excluding hydrogens is 274 g/mol. The van der Waals surface area contributed by atoms with Crippen molar-refractivity contribution in [1.29, 1.82) is 0 Å². The number of hydrogen-bond donors (Lipinski definition) is 3. The van der Waals surface area contributed by atoms with Gasteiger partial charge >= 0.3 is 6.09 Å². The second kappa shape index (κ2) is 5.83. The van der Waals surface area contributed by atoms with Crippen molar-refractivity contribution in [2.45, 2.75) is 13.5 Å². The van der Waals surface area contributed by atoms with Gasteiger partial charge in [-0.15, -0.1) is 11.3 Å². The highest BCUT2D eigenvalue weighted by atomic mass is 32.1. The highest BCUT2D eigenvalue weighted by Crippen LogP contribution is 2.26. The number of nitrogens with zero attached hydrogens (tertiary/aromatic N) is 1. The molecule has 6 heteroatoms. The molecule has 4 N–H and O–H groups in total. The Kier molecular flexibility index (Phi) is 4.14. The number of anilines is 3. The van der Waals surface area contributed by atoms with E-state index in [4.69, 9.17) is 10.8 Å². The molecule has 0 fully saturated rings. The number of hydrogen-bond acceptors (Lipinski definition) is 4. The van der Waals surface area contributed by atoms with Crippen molar-refractivity contribution in [1.82, 2.24) is 0 Å². The zero-order valence-electron chi connectivity index (χ0n) is 11.4. The van der Waals surface area contributed by atoms with E-state index in [0.29, 0.717) is 11.4 Å². The number of carboxylic acid groups (broad SMARTS) is 1. The van der Waals surface area contributed by atoms with Crippen LogP contribution in [0.15, 0.2) is 30.3 Å². The molecule has 0 unspecified atom stereocenters. The molecule has 0 aliphatic carbocycles. The fraction of sp³-hybridized carbons (Fsp3) is 0.214. The van der Waals surface area contributed by atoms with E-state index in [-0.39, 0.29) is 0 Å². The van der Waals surface area contributed by atoms with Gasteiger partial charge in [0.15, 0.2) is 0 Å². The molecule has 5 nitrogen and oxygen atoms in total. The minimum absolute atomic E-state index is 0.404. The molecular formula is C14H17N3O2S. The number of carbonyl (C=O) groups is 1. The van der Waals surface area contributed by atoms with Gasteiger partial charge in [0.1, 0.15) is 0 Å². The van der Waals surface area contributed by atoms with Crippen LogP contribution in [0.5, 0.6) is 0 Å². The van der Waals surface area contributed by atoms with Crippen LogP contribution < -0.4 is 16.0 Å². The van der Waals surface area contributed by atoms with Crippen LogP contribution in [-0.4, -0.2) is 18.2 Å². The summed E-state index contributed by atoms with van der Waals surface area (Å²) in [7, 11) is 1.98. The lowest BCUT2D eigenvalue weighted by atomic mass is 10.2. The molecule has 0 radical (unpaired) electrons. The molecule has 1 aromatic carbocycles. The zero-order valence-corrected chi connectivity index (χ0v) is 12.2. The van der Waals surface area contributed by atoms with Gasteiger partial charge in [-0.2, -0.15) is 0 Å². The number of rotatable bonds is 4. The molecule has 0 aliphatic heterocycles. The number of amides is 1. The van der Waals surface area contributed by atoms with Crippen molar-refractivity contribution in [2.24, 2.45) is 0 Å². The molecule has 2 aromatic rings. The number of benzene rings is 1. The van der Waals surface area contributed by atoms with Crippen molar-refractivity contribution in [2.75, 3.05) is 23.0 Å². The third-order valence-corrected chi connectivity index (χ3v) is 3.89. The molecule has 1 amide bonds. The maximum Gasteiger partial charge on any atom is 0.409 e. The molecule has 0 atom stereocenters. The third-order valence-electron chi connectivity index (χ3n) is 2.91. The van der Waals surface area contributed by atoms with Gasteiger partial charge in [-0.05, 0) is 37.3 Å². The van der Waals surface area contributed by atoms with Crippen LogP contribution in [0.2, 0.25) is 0 Å². The normalized spacial score (nSPS) is 10.3.